The van der Waals surface area contributed by atoms with Crippen molar-refractivity contribution in [2.75, 3.05) is 18.1 Å². The fourth-order valence-electron chi connectivity index (χ4n) is 3.20. The van der Waals surface area contributed by atoms with Gasteiger partial charge in [0.1, 0.15) is 5.69 Å². The lowest BCUT2D eigenvalue weighted by Gasteiger charge is -2.27. The molecule has 1 aromatic heterocycles. The SMILES string of the molecule is C=CCN(C(=O)c1cc2ccccc2n1C)[C@H]1CCS(=O)(=O)C1. The van der Waals surface area contributed by atoms with Crippen LogP contribution in [0.5, 0.6) is 0 Å². The molecule has 0 spiro atoms. The first-order chi connectivity index (χ1) is 10.9. The molecule has 122 valence electrons. The Bertz CT molecular complexity index is 867. The second kappa shape index (κ2) is 5.85. The molecule has 0 radical (unpaired) electrons. The number of amides is 1. The molecule has 3 rings (SSSR count). The van der Waals surface area contributed by atoms with E-state index in [2.05, 4.69) is 6.58 Å². The Morgan fingerprint density at radius 1 is 1.43 bits per heavy atom. The molecule has 2 aromatic rings. The first-order valence-corrected chi connectivity index (χ1v) is 9.42. The second-order valence-electron chi connectivity index (χ2n) is 5.95. The Hall–Kier alpha value is -2.08. The van der Waals surface area contributed by atoms with E-state index in [1.165, 1.54) is 0 Å². The molecule has 0 unspecified atom stereocenters. The number of hydrogen-bond donors (Lipinski definition) is 0. The second-order valence-corrected chi connectivity index (χ2v) is 8.18. The van der Waals surface area contributed by atoms with Crippen molar-refractivity contribution in [3.63, 3.8) is 0 Å². The summed E-state index contributed by atoms with van der Waals surface area (Å²) < 4.78 is 25.4. The Balaban J connectivity index is 1.97. The van der Waals surface area contributed by atoms with Gasteiger partial charge in [0.25, 0.3) is 5.91 Å². The van der Waals surface area contributed by atoms with Gasteiger partial charge in [0, 0.05) is 30.5 Å². The van der Waals surface area contributed by atoms with Gasteiger partial charge < -0.3 is 9.47 Å². The van der Waals surface area contributed by atoms with Crippen LogP contribution in [-0.2, 0) is 16.9 Å². The average molecular weight is 332 g/mol. The molecule has 1 fully saturated rings. The van der Waals surface area contributed by atoms with Gasteiger partial charge in [0.05, 0.1) is 11.5 Å². The van der Waals surface area contributed by atoms with E-state index < -0.39 is 9.84 Å². The van der Waals surface area contributed by atoms with Crippen LogP contribution in [0.4, 0.5) is 0 Å². The summed E-state index contributed by atoms with van der Waals surface area (Å²) in [6, 6.07) is 9.37. The number of carbonyl (C=O) groups is 1. The number of para-hydroxylation sites is 1. The van der Waals surface area contributed by atoms with Crippen molar-refractivity contribution in [3.05, 3.63) is 48.7 Å². The molecule has 0 N–H and O–H groups in total. The van der Waals surface area contributed by atoms with Gasteiger partial charge >= 0.3 is 0 Å². The lowest BCUT2D eigenvalue weighted by molar-refractivity contribution is 0.0711. The zero-order chi connectivity index (χ0) is 16.6. The summed E-state index contributed by atoms with van der Waals surface area (Å²) in [5.41, 5.74) is 1.55. The third-order valence-corrected chi connectivity index (χ3v) is 6.16. The van der Waals surface area contributed by atoms with Crippen LogP contribution in [0.15, 0.2) is 43.0 Å². The lowest BCUT2D eigenvalue weighted by atomic mass is 10.2. The number of benzene rings is 1. The van der Waals surface area contributed by atoms with Crippen LogP contribution in [-0.4, -0.2) is 47.9 Å². The van der Waals surface area contributed by atoms with Gasteiger partial charge in [0.15, 0.2) is 9.84 Å². The molecule has 1 aromatic carbocycles. The molecule has 0 aliphatic carbocycles. The zero-order valence-corrected chi connectivity index (χ0v) is 13.9. The van der Waals surface area contributed by atoms with Crippen molar-refractivity contribution < 1.29 is 13.2 Å². The fourth-order valence-corrected chi connectivity index (χ4v) is 4.93. The summed E-state index contributed by atoms with van der Waals surface area (Å²) in [5.74, 6) is 0.0372. The molecule has 1 aliphatic heterocycles. The number of nitrogens with zero attached hydrogens (tertiary/aromatic N) is 2. The van der Waals surface area contributed by atoms with Crippen molar-refractivity contribution >= 4 is 26.6 Å². The van der Waals surface area contributed by atoms with E-state index in [0.717, 1.165) is 10.9 Å². The number of rotatable bonds is 4. The third-order valence-electron chi connectivity index (χ3n) is 4.41. The number of aryl methyl sites for hydroxylation is 1. The quantitative estimate of drug-likeness (QED) is 0.805. The molecule has 1 amide bonds. The number of sulfone groups is 1. The monoisotopic (exact) mass is 332 g/mol. The van der Waals surface area contributed by atoms with Gasteiger partial charge in [-0.15, -0.1) is 6.58 Å². The molecule has 0 bridgehead atoms. The maximum atomic E-state index is 13.0. The largest absolute Gasteiger partial charge is 0.340 e. The minimum Gasteiger partial charge on any atom is -0.340 e. The smallest absolute Gasteiger partial charge is 0.271 e. The van der Waals surface area contributed by atoms with Crippen LogP contribution in [0.1, 0.15) is 16.9 Å². The molecule has 6 heteroatoms. The van der Waals surface area contributed by atoms with Gasteiger partial charge in [-0.2, -0.15) is 0 Å². The molecule has 23 heavy (non-hydrogen) atoms. The molecule has 1 aliphatic rings. The number of aromatic nitrogens is 1. The molecule has 5 nitrogen and oxygen atoms in total. The Morgan fingerprint density at radius 3 is 2.78 bits per heavy atom. The summed E-state index contributed by atoms with van der Waals surface area (Å²) in [5, 5.41) is 0.996. The summed E-state index contributed by atoms with van der Waals surface area (Å²) in [6.45, 7) is 4.05. The topological polar surface area (TPSA) is 59.4 Å². The standard InChI is InChI=1S/C17H20N2O3S/c1-3-9-19(14-8-10-23(21,22)12-14)17(20)16-11-13-6-4-5-7-15(13)18(16)2/h3-7,11,14H,1,8-10,12H2,2H3/t14-/m0/s1. The fraction of sp³-hybridized carbons (Fsp3) is 0.353. The molecule has 0 saturated carbocycles. The Kier molecular flexibility index (Phi) is 4.02. The van der Waals surface area contributed by atoms with E-state index in [0.29, 0.717) is 18.7 Å². The van der Waals surface area contributed by atoms with Crippen LogP contribution >= 0.6 is 0 Å². The molecule has 2 heterocycles. The predicted octanol–water partition coefficient (Wildman–Crippen LogP) is 1.99. The average Bonchev–Trinajstić information content (AvgIpc) is 3.05. The first-order valence-electron chi connectivity index (χ1n) is 7.59. The van der Waals surface area contributed by atoms with Gasteiger partial charge in [-0.3, -0.25) is 4.79 Å². The minimum absolute atomic E-state index is 0.0382. The molecular formula is C17H20N2O3S. The van der Waals surface area contributed by atoms with E-state index in [-0.39, 0.29) is 23.5 Å². The van der Waals surface area contributed by atoms with Crippen molar-refractivity contribution in [2.45, 2.75) is 12.5 Å². The summed E-state index contributed by atoms with van der Waals surface area (Å²) in [6.07, 6.45) is 2.14. The highest BCUT2D eigenvalue weighted by Gasteiger charge is 2.35. The Labute approximate surface area is 136 Å². The maximum Gasteiger partial charge on any atom is 0.271 e. The third kappa shape index (κ3) is 2.91. The van der Waals surface area contributed by atoms with Gasteiger partial charge in [0.2, 0.25) is 0 Å². The van der Waals surface area contributed by atoms with Gasteiger partial charge in [-0.25, -0.2) is 8.42 Å². The van der Waals surface area contributed by atoms with E-state index in [4.69, 9.17) is 0 Å². The normalized spacial score (nSPS) is 19.8. The van der Waals surface area contributed by atoms with Crippen molar-refractivity contribution in [3.8, 4) is 0 Å². The van der Waals surface area contributed by atoms with Crippen molar-refractivity contribution in [1.29, 1.82) is 0 Å². The summed E-state index contributed by atoms with van der Waals surface area (Å²) in [7, 11) is -1.19. The molecule has 1 saturated heterocycles. The van der Waals surface area contributed by atoms with E-state index >= 15 is 0 Å². The number of fused-ring (bicyclic) bond motifs is 1. The molecular weight excluding hydrogens is 312 g/mol. The highest BCUT2D eigenvalue weighted by Crippen LogP contribution is 2.23. The summed E-state index contributed by atoms with van der Waals surface area (Å²) >= 11 is 0. The molecule has 1 atom stereocenters. The maximum absolute atomic E-state index is 13.0. The first kappa shape index (κ1) is 15.8. The van der Waals surface area contributed by atoms with Crippen molar-refractivity contribution in [1.82, 2.24) is 9.47 Å². The van der Waals surface area contributed by atoms with Gasteiger partial charge in [-0.1, -0.05) is 24.3 Å². The van der Waals surface area contributed by atoms with Gasteiger partial charge in [-0.05, 0) is 18.6 Å². The van der Waals surface area contributed by atoms with E-state index in [1.807, 2.05) is 41.9 Å². The number of carbonyl (C=O) groups excluding carboxylic acids is 1. The Morgan fingerprint density at radius 2 is 2.17 bits per heavy atom. The van der Waals surface area contributed by atoms with Crippen LogP contribution in [0.25, 0.3) is 10.9 Å². The van der Waals surface area contributed by atoms with E-state index in [9.17, 15) is 13.2 Å². The van der Waals surface area contributed by atoms with E-state index in [1.54, 1.807) is 11.0 Å². The summed E-state index contributed by atoms with van der Waals surface area (Å²) in [4.78, 5) is 14.6. The zero-order valence-electron chi connectivity index (χ0n) is 13.1. The minimum atomic E-state index is -3.04. The van der Waals surface area contributed by atoms with Crippen LogP contribution in [0, 0.1) is 0 Å². The predicted molar refractivity (Wildman–Crippen MR) is 91.2 cm³/mol. The van der Waals surface area contributed by atoms with Crippen LogP contribution in [0.3, 0.4) is 0 Å². The number of hydrogen-bond acceptors (Lipinski definition) is 3. The highest BCUT2D eigenvalue weighted by atomic mass is 32.2. The highest BCUT2D eigenvalue weighted by molar-refractivity contribution is 7.91. The van der Waals surface area contributed by atoms with Crippen LogP contribution < -0.4 is 0 Å². The van der Waals surface area contributed by atoms with Crippen LogP contribution in [0.2, 0.25) is 0 Å². The lowest BCUT2D eigenvalue weighted by Crippen LogP contribution is -2.41. The van der Waals surface area contributed by atoms with Crippen molar-refractivity contribution in [2.24, 2.45) is 7.05 Å².